The molecule has 4 nitrogen and oxygen atoms in total. The monoisotopic (exact) mass is 198 g/mol. The van der Waals surface area contributed by atoms with Gasteiger partial charge in [-0.3, -0.25) is 4.79 Å². The van der Waals surface area contributed by atoms with Gasteiger partial charge in [0, 0.05) is 25.7 Å². The van der Waals surface area contributed by atoms with E-state index >= 15 is 0 Å². The summed E-state index contributed by atoms with van der Waals surface area (Å²) in [5.41, 5.74) is 0. The average molecular weight is 198 g/mol. The molecule has 2 unspecified atom stereocenters. The van der Waals surface area contributed by atoms with E-state index in [1.165, 1.54) is 6.42 Å². The van der Waals surface area contributed by atoms with Crippen LogP contribution in [0.4, 0.5) is 0 Å². The number of fused-ring (bicyclic) bond motifs is 2. The highest BCUT2D eigenvalue weighted by atomic mass is 16.5. The minimum absolute atomic E-state index is 0.156. The standard InChI is InChI=1S/C10H18N2O2/c1-14-7-10(13)12-8-2-3-9(12)6-11-5-4-8/h8-9,11H,2-7H2,1H3. The molecule has 0 aromatic rings. The summed E-state index contributed by atoms with van der Waals surface area (Å²) in [5.74, 6) is 0.156. The van der Waals surface area contributed by atoms with E-state index < -0.39 is 0 Å². The number of ether oxygens (including phenoxy) is 1. The number of hydrogen-bond acceptors (Lipinski definition) is 3. The predicted molar refractivity (Wildman–Crippen MR) is 53.0 cm³/mol. The number of nitrogens with one attached hydrogen (secondary N) is 1. The van der Waals surface area contributed by atoms with Gasteiger partial charge in [-0.05, 0) is 25.8 Å². The molecule has 80 valence electrons. The summed E-state index contributed by atoms with van der Waals surface area (Å²) in [6.45, 7) is 2.22. The van der Waals surface area contributed by atoms with E-state index in [-0.39, 0.29) is 12.5 Å². The van der Waals surface area contributed by atoms with Gasteiger partial charge < -0.3 is 15.0 Å². The van der Waals surface area contributed by atoms with Gasteiger partial charge in [0.2, 0.25) is 5.91 Å². The number of carbonyl (C=O) groups is 1. The first-order valence-corrected chi connectivity index (χ1v) is 5.33. The lowest BCUT2D eigenvalue weighted by Gasteiger charge is -2.27. The molecule has 0 aromatic carbocycles. The van der Waals surface area contributed by atoms with Gasteiger partial charge in [0.25, 0.3) is 0 Å². The zero-order chi connectivity index (χ0) is 9.97. The molecular weight excluding hydrogens is 180 g/mol. The SMILES string of the molecule is COCC(=O)N1C2CCNCC1CC2. The molecule has 0 aliphatic carbocycles. The van der Waals surface area contributed by atoms with Crippen LogP contribution in [-0.2, 0) is 9.53 Å². The van der Waals surface area contributed by atoms with Crippen LogP contribution in [0.5, 0.6) is 0 Å². The van der Waals surface area contributed by atoms with Crippen molar-refractivity contribution in [1.82, 2.24) is 10.2 Å². The van der Waals surface area contributed by atoms with Crippen LogP contribution in [0.25, 0.3) is 0 Å². The van der Waals surface area contributed by atoms with Crippen molar-refractivity contribution in [1.29, 1.82) is 0 Å². The van der Waals surface area contributed by atoms with Gasteiger partial charge in [0.1, 0.15) is 6.61 Å². The smallest absolute Gasteiger partial charge is 0.249 e. The second-order valence-electron chi connectivity index (χ2n) is 4.11. The molecule has 2 aliphatic heterocycles. The van der Waals surface area contributed by atoms with Crippen LogP contribution in [0.15, 0.2) is 0 Å². The molecule has 2 saturated heterocycles. The largest absolute Gasteiger partial charge is 0.375 e. The third-order valence-corrected chi connectivity index (χ3v) is 3.21. The van der Waals surface area contributed by atoms with Gasteiger partial charge in [-0.1, -0.05) is 0 Å². The molecule has 0 radical (unpaired) electrons. The van der Waals surface area contributed by atoms with Crippen LogP contribution < -0.4 is 5.32 Å². The summed E-state index contributed by atoms with van der Waals surface area (Å²) in [6.07, 6.45) is 3.40. The normalized spacial score (nSPS) is 31.6. The Morgan fingerprint density at radius 3 is 3.00 bits per heavy atom. The number of hydrogen-bond donors (Lipinski definition) is 1. The summed E-state index contributed by atoms with van der Waals surface area (Å²) in [4.78, 5) is 13.8. The Hall–Kier alpha value is -0.610. The zero-order valence-corrected chi connectivity index (χ0v) is 8.66. The van der Waals surface area contributed by atoms with Crippen molar-refractivity contribution in [3.8, 4) is 0 Å². The van der Waals surface area contributed by atoms with Crippen molar-refractivity contribution in [2.45, 2.75) is 31.3 Å². The van der Waals surface area contributed by atoms with Crippen LogP contribution in [0.1, 0.15) is 19.3 Å². The molecule has 2 rings (SSSR count). The zero-order valence-electron chi connectivity index (χ0n) is 8.66. The molecule has 4 heteroatoms. The Labute approximate surface area is 84.6 Å². The molecule has 0 spiro atoms. The van der Waals surface area contributed by atoms with E-state index in [2.05, 4.69) is 5.32 Å². The summed E-state index contributed by atoms with van der Waals surface area (Å²) < 4.78 is 4.91. The van der Waals surface area contributed by atoms with E-state index in [0.29, 0.717) is 12.1 Å². The fraction of sp³-hybridized carbons (Fsp3) is 0.900. The summed E-state index contributed by atoms with van der Waals surface area (Å²) >= 11 is 0. The van der Waals surface area contributed by atoms with Gasteiger partial charge in [-0.25, -0.2) is 0 Å². The van der Waals surface area contributed by atoms with Crippen molar-refractivity contribution in [2.75, 3.05) is 26.8 Å². The number of methoxy groups -OCH3 is 1. The van der Waals surface area contributed by atoms with Crippen LogP contribution in [0.3, 0.4) is 0 Å². The maximum absolute atomic E-state index is 11.8. The maximum atomic E-state index is 11.8. The topological polar surface area (TPSA) is 41.6 Å². The molecule has 2 fully saturated rings. The molecule has 0 aromatic heterocycles. The number of rotatable bonds is 2. The molecule has 0 saturated carbocycles. The highest BCUT2D eigenvalue weighted by molar-refractivity contribution is 5.78. The van der Waals surface area contributed by atoms with Crippen LogP contribution >= 0.6 is 0 Å². The summed E-state index contributed by atoms with van der Waals surface area (Å²) in [6, 6.07) is 0.864. The highest BCUT2D eigenvalue weighted by Crippen LogP contribution is 2.27. The number of amides is 1. The molecule has 1 N–H and O–H groups in total. The van der Waals surface area contributed by atoms with Gasteiger partial charge in [-0.2, -0.15) is 0 Å². The molecule has 14 heavy (non-hydrogen) atoms. The first-order chi connectivity index (χ1) is 6.83. The van der Waals surface area contributed by atoms with Gasteiger partial charge in [0.05, 0.1) is 0 Å². The summed E-state index contributed by atoms with van der Waals surface area (Å²) in [5, 5.41) is 3.37. The van der Waals surface area contributed by atoms with Gasteiger partial charge in [0.15, 0.2) is 0 Å². The molecule has 1 amide bonds. The van der Waals surface area contributed by atoms with Crippen LogP contribution in [-0.4, -0.2) is 49.7 Å². The maximum Gasteiger partial charge on any atom is 0.249 e. The van der Waals surface area contributed by atoms with Crippen molar-refractivity contribution in [3.63, 3.8) is 0 Å². The average Bonchev–Trinajstić information content (AvgIpc) is 2.40. The quantitative estimate of drug-likeness (QED) is 0.678. The summed E-state index contributed by atoms with van der Waals surface area (Å²) in [7, 11) is 1.58. The Balaban J connectivity index is 2.05. The molecule has 2 bridgehead atoms. The number of carbonyl (C=O) groups excluding carboxylic acids is 1. The Bertz CT molecular complexity index is 206. The lowest BCUT2D eigenvalue weighted by Crippen LogP contribution is -2.44. The Morgan fingerprint density at radius 1 is 1.43 bits per heavy atom. The Kier molecular flexibility index (Phi) is 3.03. The van der Waals surface area contributed by atoms with Crippen LogP contribution in [0, 0.1) is 0 Å². The predicted octanol–water partition coefficient (Wildman–Crippen LogP) is -0.0143. The molecule has 2 aliphatic rings. The fourth-order valence-corrected chi connectivity index (χ4v) is 2.59. The third kappa shape index (κ3) is 1.77. The fourth-order valence-electron chi connectivity index (χ4n) is 2.59. The Morgan fingerprint density at radius 2 is 2.21 bits per heavy atom. The number of nitrogens with zero attached hydrogens (tertiary/aromatic N) is 1. The van der Waals surface area contributed by atoms with Crippen molar-refractivity contribution in [3.05, 3.63) is 0 Å². The van der Waals surface area contributed by atoms with E-state index in [0.717, 1.165) is 25.9 Å². The van der Waals surface area contributed by atoms with Crippen molar-refractivity contribution in [2.24, 2.45) is 0 Å². The van der Waals surface area contributed by atoms with Crippen molar-refractivity contribution >= 4 is 5.91 Å². The van der Waals surface area contributed by atoms with E-state index in [9.17, 15) is 4.79 Å². The first kappa shape index (κ1) is 9.93. The third-order valence-electron chi connectivity index (χ3n) is 3.21. The van der Waals surface area contributed by atoms with E-state index in [1.54, 1.807) is 7.11 Å². The van der Waals surface area contributed by atoms with Gasteiger partial charge >= 0.3 is 0 Å². The minimum Gasteiger partial charge on any atom is -0.375 e. The molecule has 2 heterocycles. The molecule has 2 atom stereocenters. The lowest BCUT2D eigenvalue weighted by molar-refractivity contribution is -0.137. The highest BCUT2D eigenvalue weighted by Gasteiger charge is 2.37. The second kappa shape index (κ2) is 4.28. The van der Waals surface area contributed by atoms with Gasteiger partial charge in [-0.15, -0.1) is 0 Å². The molecular formula is C10H18N2O2. The first-order valence-electron chi connectivity index (χ1n) is 5.33. The van der Waals surface area contributed by atoms with E-state index in [4.69, 9.17) is 4.74 Å². The lowest BCUT2D eigenvalue weighted by atomic mass is 10.1. The minimum atomic E-state index is 0.156. The van der Waals surface area contributed by atoms with Crippen molar-refractivity contribution < 1.29 is 9.53 Å². The van der Waals surface area contributed by atoms with Crippen LogP contribution in [0.2, 0.25) is 0 Å². The van der Waals surface area contributed by atoms with E-state index in [1.807, 2.05) is 4.90 Å². The second-order valence-corrected chi connectivity index (χ2v) is 4.11.